The Kier molecular flexibility index (Phi) is 16.7. The van der Waals surface area contributed by atoms with Crippen LogP contribution in [0.3, 0.4) is 0 Å². The highest BCUT2D eigenvalue weighted by molar-refractivity contribution is 6.01. The summed E-state index contributed by atoms with van der Waals surface area (Å²) in [7, 11) is 5.36. The Hall–Kier alpha value is -7.29. The van der Waals surface area contributed by atoms with Crippen molar-refractivity contribution in [2.45, 2.75) is 85.4 Å². The third-order valence-corrected chi connectivity index (χ3v) is 13.2. The topological polar surface area (TPSA) is 166 Å². The van der Waals surface area contributed by atoms with E-state index in [1.165, 1.54) is 22.2 Å². The number of fused-ring (bicyclic) bond motifs is 6. The van der Waals surface area contributed by atoms with Crippen LogP contribution in [0.1, 0.15) is 74.5 Å². The molecule has 4 amide bonds. The Morgan fingerprint density at radius 3 is 2.44 bits per heavy atom. The van der Waals surface area contributed by atoms with E-state index in [1.54, 1.807) is 49.5 Å². The lowest BCUT2D eigenvalue weighted by Crippen LogP contribution is -2.56. The quantitative estimate of drug-likeness (QED) is 0.0515. The maximum absolute atomic E-state index is 14.7. The number of amides is 4. The minimum absolute atomic E-state index is 0.00137. The van der Waals surface area contributed by atoms with Gasteiger partial charge in [0.1, 0.15) is 17.8 Å². The van der Waals surface area contributed by atoms with Gasteiger partial charge < -0.3 is 34.8 Å². The molecule has 72 heavy (non-hydrogen) atoms. The average Bonchev–Trinajstić information content (AvgIpc) is 3.65. The highest BCUT2D eigenvalue weighted by atomic mass is 16.5. The van der Waals surface area contributed by atoms with Crippen LogP contribution in [-0.4, -0.2) is 107 Å². The molecule has 0 unspecified atom stereocenters. The monoisotopic (exact) mass is 976 g/mol. The molecule has 6 bridgehead atoms. The van der Waals surface area contributed by atoms with Crippen LogP contribution < -0.4 is 16.1 Å². The summed E-state index contributed by atoms with van der Waals surface area (Å²) in [5.74, 6) is -2.50. The molecule has 2 atom stereocenters. The molecule has 0 aliphatic carbocycles. The van der Waals surface area contributed by atoms with Gasteiger partial charge in [-0.2, -0.15) is 0 Å². The number of aromatic nitrogens is 1. The lowest BCUT2D eigenvalue weighted by molar-refractivity contribution is -0.154. The summed E-state index contributed by atoms with van der Waals surface area (Å²) in [5, 5.41) is 19.4. The first-order valence-electron chi connectivity index (χ1n) is 24.8. The van der Waals surface area contributed by atoms with E-state index in [2.05, 4.69) is 78.3 Å². The second kappa shape index (κ2) is 22.9. The van der Waals surface area contributed by atoms with E-state index in [0.29, 0.717) is 62.1 Å². The number of phenolic OH excluding ortho intramolecular Hbond substituents is 1. The number of hydrogen-bond donors (Lipinski definition) is 4. The summed E-state index contributed by atoms with van der Waals surface area (Å²) >= 11 is 0. The molecule has 2 aliphatic rings. The van der Waals surface area contributed by atoms with E-state index >= 15 is 0 Å². The van der Waals surface area contributed by atoms with E-state index in [-0.39, 0.29) is 36.2 Å². The molecule has 0 radical (unpaired) electrons. The largest absolute Gasteiger partial charge is 0.508 e. The second-order valence-electron chi connectivity index (χ2n) is 20.3. The van der Waals surface area contributed by atoms with Gasteiger partial charge in [-0.05, 0) is 129 Å². The predicted octanol–water partition coefficient (Wildman–Crippen LogP) is 8.45. The Morgan fingerprint density at radius 1 is 0.986 bits per heavy atom. The SMILES string of the molecule is C=CCc1ccccc1-c1c2c3cc(ccc3n1CC)-c1cc(O)cc(c1)C/C(=C\NC(=O)[C@H](C(C)C)N(C)C(=O)c1ccc(NC(=O)/C=C/CN(C)C)cc1)C(=O)N1CCC[C@H](N1)C(=O)OCC(C)(C)C2. The summed E-state index contributed by atoms with van der Waals surface area (Å²) < 4.78 is 8.46. The molecule has 14 heteroatoms. The third-order valence-electron chi connectivity index (χ3n) is 13.2. The summed E-state index contributed by atoms with van der Waals surface area (Å²) in [4.78, 5) is 72.5. The number of phenols is 1. The number of carbonyl (C=O) groups is 5. The molecule has 0 saturated carbocycles. The van der Waals surface area contributed by atoms with Crippen molar-refractivity contribution in [3.63, 3.8) is 0 Å². The van der Waals surface area contributed by atoms with Crippen LogP contribution >= 0.6 is 0 Å². The predicted molar refractivity (Wildman–Crippen MR) is 284 cm³/mol. The highest BCUT2D eigenvalue weighted by Gasteiger charge is 2.35. The molecule has 5 aromatic rings. The normalized spacial score (nSPS) is 17.2. The first-order valence-corrected chi connectivity index (χ1v) is 24.8. The van der Waals surface area contributed by atoms with E-state index in [4.69, 9.17) is 4.74 Å². The maximum atomic E-state index is 14.7. The molecule has 4 aromatic carbocycles. The molecule has 1 fully saturated rings. The van der Waals surface area contributed by atoms with Gasteiger partial charge in [-0.1, -0.05) is 76.2 Å². The fraction of sp³-hybridized carbons (Fsp3) is 0.362. The van der Waals surface area contributed by atoms with Crippen molar-refractivity contribution in [1.82, 2.24) is 30.1 Å². The van der Waals surface area contributed by atoms with Crippen molar-refractivity contribution in [1.29, 1.82) is 0 Å². The summed E-state index contributed by atoms with van der Waals surface area (Å²) in [5.41, 5.74) is 11.4. The third kappa shape index (κ3) is 12.2. The first-order chi connectivity index (χ1) is 34.4. The van der Waals surface area contributed by atoms with Gasteiger partial charge in [0, 0.05) is 84.1 Å². The van der Waals surface area contributed by atoms with Crippen molar-refractivity contribution in [3.05, 3.63) is 144 Å². The number of rotatable bonds is 13. The van der Waals surface area contributed by atoms with Crippen molar-refractivity contribution >= 4 is 46.2 Å². The number of anilines is 1. The molecular weight excluding hydrogens is 907 g/mol. The maximum Gasteiger partial charge on any atom is 0.324 e. The molecule has 378 valence electrons. The Bertz CT molecular complexity index is 2910. The molecule has 1 saturated heterocycles. The fourth-order valence-electron chi connectivity index (χ4n) is 9.78. The number of aromatic hydroxyl groups is 1. The lowest BCUT2D eigenvalue weighted by atomic mass is 9.83. The first kappa shape index (κ1) is 52.5. The van der Waals surface area contributed by atoms with Crippen LogP contribution in [0, 0.1) is 11.3 Å². The van der Waals surface area contributed by atoms with Gasteiger partial charge in [-0.15, -0.1) is 6.58 Å². The van der Waals surface area contributed by atoms with Crippen molar-refractivity contribution < 1.29 is 33.8 Å². The van der Waals surface area contributed by atoms with Gasteiger partial charge in [0.2, 0.25) is 11.8 Å². The Balaban J connectivity index is 1.24. The van der Waals surface area contributed by atoms with Crippen LogP contribution in [0.25, 0.3) is 33.3 Å². The van der Waals surface area contributed by atoms with Gasteiger partial charge in [0.25, 0.3) is 11.8 Å². The second-order valence-corrected chi connectivity index (χ2v) is 20.3. The van der Waals surface area contributed by atoms with E-state index < -0.39 is 41.2 Å². The summed E-state index contributed by atoms with van der Waals surface area (Å²) in [6.45, 7) is 15.8. The van der Waals surface area contributed by atoms with E-state index in [9.17, 15) is 29.1 Å². The van der Waals surface area contributed by atoms with Crippen LogP contribution in [0.4, 0.5) is 5.69 Å². The zero-order chi connectivity index (χ0) is 51.9. The van der Waals surface area contributed by atoms with E-state index in [1.807, 2.05) is 57.1 Å². The van der Waals surface area contributed by atoms with Crippen LogP contribution in [-0.2, 0) is 49.7 Å². The summed E-state index contributed by atoms with van der Waals surface area (Å²) in [6, 6.07) is 24.7. The van der Waals surface area contributed by atoms with Crippen LogP contribution in [0.2, 0.25) is 0 Å². The number of cyclic esters (lactones) is 1. The molecule has 3 heterocycles. The number of aryl methyl sites for hydroxylation is 1. The van der Waals surface area contributed by atoms with Crippen molar-refractivity contribution in [2.24, 2.45) is 11.3 Å². The molecule has 0 spiro atoms. The number of allylic oxidation sites excluding steroid dienone is 1. The van der Waals surface area contributed by atoms with Crippen LogP contribution in [0.5, 0.6) is 5.75 Å². The number of benzene rings is 4. The highest BCUT2D eigenvalue weighted by Crippen LogP contribution is 2.42. The number of likely N-dealkylation sites (N-methyl/N-ethyl adjacent to an activating group) is 2. The molecule has 1 aromatic heterocycles. The molecule has 4 N–H and O–H groups in total. The number of esters is 1. The standard InChI is InChI=1S/C58H69N7O7/c1-10-16-39-17-12-13-18-46(39)53-48-34-58(5,6)36-72-57(71)49-19-14-28-65(61-49)56(70)43(30-38-29-42(32-45(66)31-38)41-23-26-50(47(48)33-41)64(53)11-2)35-59-54(68)52(37(3)4)63(9)55(69)40-21-24-44(25-22-40)60-51(67)20-15-27-62(7)8/h10,12-13,15,17-18,20-26,29,31-33,35,37,49,52,61,66H,1,11,14,16,19,27-28,30,34,36H2,2-9H3,(H,59,68)(H,60,67)/b20-15+,43-35+/t49-,52-/m0/s1. The number of nitrogens with one attached hydrogen (secondary N) is 3. The number of ether oxygens (including phenoxy) is 1. The average molecular weight is 976 g/mol. The molecule has 14 nitrogen and oxygen atoms in total. The van der Waals surface area contributed by atoms with Gasteiger partial charge in [0.15, 0.2) is 0 Å². The van der Waals surface area contributed by atoms with Crippen LogP contribution in [0.15, 0.2) is 122 Å². The Labute approximate surface area is 423 Å². The van der Waals surface area contributed by atoms with Gasteiger partial charge in [-0.3, -0.25) is 29.0 Å². The van der Waals surface area contributed by atoms with Crippen molar-refractivity contribution in [2.75, 3.05) is 46.2 Å². The minimum Gasteiger partial charge on any atom is -0.508 e. The number of carbonyl (C=O) groups excluding carboxylic acids is 5. The number of nitrogens with zero attached hydrogens (tertiary/aromatic N) is 4. The van der Waals surface area contributed by atoms with E-state index in [0.717, 1.165) is 44.4 Å². The van der Waals surface area contributed by atoms with Gasteiger partial charge >= 0.3 is 5.97 Å². The smallest absolute Gasteiger partial charge is 0.324 e. The van der Waals surface area contributed by atoms with Gasteiger partial charge in [0.05, 0.1) is 12.3 Å². The lowest BCUT2D eigenvalue weighted by Gasteiger charge is -2.34. The van der Waals surface area contributed by atoms with Crippen molar-refractivity contribution in [3.8, 4) is 28.1 Å². The molecule has 7 rings (SSSR count). The van der Waals surface area contributed by atoms with Gasteiger partial charge in [-0.25, -0.2) is 5.43 Å². The number of hydrogen-bond acceptors (Lipinski definition) is 9. The molecular formula is C58H69N7O7. The zero-order valence-electron chi connectivity index (χ0n) is 42.9. The fourth-order valence-corrected chi connectivity index (χ4v) is 9.78. The minimum atomic E-state index is -0.952. The zero-order valence-corrected chi connectivity index (χ0v) is 42.9. The molecule has 2 aliphatic heterocycles. The number of hydrazine groups is 1. The Morgan fingerprint density at radius 2 is 1.74 bits per heavy atom. The summed E-state index contributed by atoms with van der Waals surface area (Å²) in [6.07, 6.45) is 8.74.